The number of hydrogen-bond donors (Lipinski definition) is 3. The fourth-order valence-corrected chi connectivity index (χ4v) is 3.20. The van der Waals surface area contributed by atoms with Gasteiger partial charge in [-0.1, -0.05) is 43.5 Å². The third-order valence-electron chi connectivity index (χ3n) is 4.49. The smallest absolute Gasteiger partial charge is 0.0681 e. The van der Waals surface area contributed by atoms with Crippen molar-refractivity contribution in [2.75, 3.05) is 6.61 Å². The Balaban J connectivity index is 2.02. The van der Waals surface area contributed by atoms with E-state index in [9.17, 15) is 10.2 Å². The second-order valence-electron chi connectivity index (χ2n) is 5.98. The zero-order valence-electron chi connectivity index (χ0n) is 12.4. The van der Waals surface area contributed by atoms with E-state index in [-0.39, 0.29) is 19.3 Å². The molecule has 0 bridgehead atoms. The van der Waals surface area contributed by atoms with Crippen molar-refractivity contribution in [1.82, 2.24) is 5.32 Å². The summed E-state index contributed by atoms with van der Waals surface area (Å²) in [6.45, 7) is 2.53. The Morgan fingerprint density at radius 2 is 2.00 bits per heavy atom. The molecule has 0 aliphatic heterocycles. The largest absolute Gasteiger partial charge is 0.396 e. The second-order valence-corrected chi connectivity index (χ2v) is 5.98. The van der Waals surface area contributed by atoms with Crippen LogP contribution in [0.25, 0.3) is 0 Å². The molecule has 1 aliphatic rings. The first-order valence-electron chi connectivity index (χ1n) is 7.81. The Morgan fingerprint density at radius 3 is 2.75 bits per heavy atom. The minimum atomic E-state index is 0.0866. The van der Waals surface area contributed by atoms with E-state index < -0.39 is 0 Å². The van der Waals surface area contributed by atoms with E-state index >= 15 is 0 Å². The molecule has 1 aromatic carbocycles. The van der Waals surface area contributed by atoms with Crippen molar-refractivity contribution in [2.24, 2.45) is 5.92 Å². The third-order valence-corrected chi connectivity index (χ3v) is 4.49. The SMILES string of the molecule is CC(NC1CCCCCC1CO)c1cccc(CO)c1. The Kier molecular flexibility index (Phi) is 6.02. The number of aliphatic hydroxyl groups is 2. The van der Waals surface area contributed by atoms with E-state index in [1.807, 2.05) is 12.1 Å². The van der Waals surface area contributed by atoms with Crippen molar-refractivity contribution in [3.63, 3.8) is 0 Å². The molecular formula is C17H27NO2. The summed E-state index contributed by atoms with van der Waals surface area (Å²) in [5.41, 5.74) is 2.16. The van der Waals surface area contributed by atoms with Crippen LogP contribution in [-0.2, 0) is 6.61 Å². The van der Waals surface area contributed by atoms with E-state index in [1.54, 1.807) is 0 Å². The van der Waals surface area contributed by atoms with E-state index in [0.29, 0.717) is 12.0 Å². The maximum atomic E-state index is 9.58. The molecule has 3 unspecified atom stereocenters. The van der Waals surface area contributed by atoms with Crippen LogP contribution in [0.5, 0.6) is 0 Å². The van der Waals surface area contributed by atoms with Gasteiger partial charge in [-0.05, 0) is 36.8 Å². The molecule has 0 amide bonds. The normalized spacial score (nSPS) is 25.1. The highest BCUT2D eigenvalue weighted by atomic mass is 16.3. The molecule has 1 aromatic rings. The lowest BCUT2D eigenvalue weighted by molar-refractivity contribution is 0.176. The van der Waals surface area contributed by atoms with E-state index in [1.165, 1.54) is 24.8 Å². The van der Waals surface area contributed by atoms with Gasteiger partial charge in [-0.15, -0.1) is 0 Å². The monoisotopic (exact) mass is 277 g/mol. The van der Waals surface area contributed by atoms with Gasteiger partial charge in [-0.3, -0.25) is 0 Å². The molecule has 3 N–H and O–H groups in total. The van der Waals surface area contributed by atoms with Crippen LogP contribution < -0.4 is 5.32 Å². The number of hydrogen-bond acceptors (Lipinski definition) is 3. The first kappa shape index (κ1) is 15.5. The van der Waals surface area contributed by atoms with Gasteiger partial charge >= 0.3 is 0 Å². The molecule has 1 fully saturated rings. The van der Waals surface area contributed by atoms with Gasteiger partial charge in [0.05, 0.1) is 6.61 Å². The van der Waals surface area contributed by atoms with Gasteiger partial charge in [0.15, 0.2) is 0 Å². The molecule has 112 valence electrons. The molecule has 3 heteroatoms. The zero-order valence-corrected chi connectivity index (χ0v) is 12.4. The van der Waals surface area contributed by atoms with Crippen LogP contribution in [0.3, 0.4) is 0 Å². The summed E-state index contributed by atoms with van der Waals surface area (Å²) in [6, 6.07) is 8.74. The molecule has 0 radical (unpaired) electrons. The molecular weight excluding hydrogens is 250 g/mol. The van der Waals surface area contributed by atoms with Crippen molar-refractivity contribution in [3.05, 3.63) is 35.4 Å². The molecule has 20 heavy (non-hydrogen) atoms. The molecule has 1 aliphatic carbocycles. The number of nitrogens with one attached hydrogen (secondary N) is 1. The average molecular weight is 277 g/mol. The van der Waals surface area contributed by atoms with E-state index in [4.69, 9.17) is 0 Å². The van der Waals surface area contributed by atoms with Gasteiger partial charge in [0, 0.05) is 18.7 Å². The lowest BCUT2D eigenvalue weighted by Gasteiger charge is -2.28. The molecule has 0 saturated heterocycles. The number of benzene rings is 1. The van der Waals surface area contributed by atoms with Crippen LogP contribution in [0.1, 0.15) is 56.2 Å². The maximum Gasteiger partial charge on any atom is 0.0681 e. The van der Waals surface area contributed by atoms with Crippen LogP contribution in [0, 0.1) is 5.92 Å². The average Bonchev–Trinajstić information content (AvgIpc) is 2.72. The lowest BCUT2D eigenvalue weighted by Crippen LogP contribution is -2.38. The van der Waals surface area contributed by atoms with E-state index in [0.717, 1.165) is 18.4 Å². The van der Waals surface area contributed by atoms with Crippen molar-refractivity contribution in [3.8, 4) is 0 Å². The maximum absolute atomic E-state index is 9.58. The van der Waals surface area contributed by atoms with Crippen molar-refractivity contribution in [1.29, 1.82) is 0 Å². The summed E-state index contributed by atoms with van der Waals surface area (Å²) in [5.74, 6) is 0.376. The number of aliphatic hydroxyl groups excluding tert-OH is 2. The predicted octanol–water partition coefficient (Wildman–Crippen LogP) is 2.77. The summed E-state index contributed by atoms with van der Waals surface area (Å²) >= 11 is 0. The van der Waals surface area contributed by atoms with Crippen LogP contribution in [0.4, 0.5) is 0 Å². The van der Waals surface area contributed by atoms with Crippen LogP contribution in [0.15, 0.2) is 24.3 Å². The Hall–Kier alpha value is -0.900. The number of rotatable bonds is 5. The Morgan fingerprint density at radius 1 is 1.20 bits per heavy atom. The van der Waals surface area contributed by atoms with Crippen molar-refractivity contribution in [2.45, 2.75) is 57.7 Å². The minimum absolute atomic E-state index is 0.0866. The summed E-state index contributed by atoms with van der Waals surface area (Å²) < 4.78 is 0. The molecule has 2 rings (SSSR count). The van der Waals surface area contributed by atoms with Gasteiger partial charge < -0.3 is 15.5 Å². The Labute approximate surface area is 122 Å². The summed E-state index contributed by atoms with van der Waals surface area (Å²) in [6.07, 6.45) is 6.03. The quantitative estimate of drug-likeness (QED) is 0.725. The summed E-state index contributed by atoms with van der Waals surface area (Å²) in [5, 5.41) is 22.5. The van der Waals surface area contributed by atoms with Gasteiger partial charge in [-0.25, -0.2) is 0 Å². The fraction of sp³-hybridized carbons (Fsp3) is 0.647. The first-order valence-corrected chi connectivity index (χ1v) is 7.81. The predicted molar refractivity (Wildman–Crippen MR) is 81.4 cm³/mol. The summed E-state index contributed by atoms with van der Waals surface area (Å²) in [7, 11) is 0. The third kappa shape index (κ3) is 4.05. The molecule has 0 spiro atoms. The van der Waals surface area contributed by atoms with Crippen LogP contribution in [0.2, 0.25) is 0 Å². The van der Waals surface area contributed by atoms with Gasteiger partial charge in [0.1, 0.15) is 0 Å². The molecule has 0 heterocycles. The van der Waals surface area contributed by atoms with Gasteiger partial charge in [-0.2, -0.15) is 0 Å². The lowest BCUT2D eigenvalue weighted by atomic mass is 9.94. The zero-order chi connectivity index (χ0) is 14.4. The highest BCUT2D eigenvalue weighted by Gasteiger charge is 2.24. The van der Waals surface area contributed by atoms with Crippen molar-refractivity contribution >= 4 is 0 Å². The highest BCUT2D eigenvalue weighted by molar-refractivity contribution is 5.25. The summed E-state index contributed by atoms with van der Waals surface area (Å²) in [4.78, 5) is 0. The molecule has 1 saturated carbocycles. The second kappa shape index (κ2) is 7.77. The minimum Gasteiger partial charge on any atom is -0.396 e. The molecule has 3 nitrogen and oxygen atoms in total. The van der Waals surface area contributed by atoms with Crippen LogP contribution >= 0.6 is 0 Å². The first-order chi connectivity index (χ1) is 9.74. The topological polar surface area (TPSA) is 52.5 Å². The van der Waals surface area contributed by atoms with Crippen molar-refractivity contribution < 1.29 is 10.2 Å². The van der Waals surface area contributed by atoms with Gasteiger partial charge in [0.2, 0.25) is 0 Å². The van der Waals surface area contributed by atoms with Gasteiger partial charge in [0.25, 0.3) is 0 Å². The van der Waals surface area contributed by atoms with Crippen LogP contribution in [-0.4, -0.2) is 22.9 Å². The highest BCUT2D eigenvalue weighted by Crippen LogP contribution is 2.26. The fourth-order valence-electron chi connectivity index (χ4n) is 3.20. The Bertz CT molecular complexity index is 408. The van der Waals surface area contributed by atoms with E-state index in [2.05, 4.69) is 24.4 Å². The standard InChI is InChI=1S/C17H27NO2/c1-13(15-8-5-6-14(10-15)11-19)18-17-9-4-2-3-7-16(17)12-20/h5-6,8,10,13,16-20H,2-4,7,9,11-12H2,1H3. The molecule has 0 aromatic heterocycles. The molecule has 3 atom stereocenters.